The van der Waals surface area contributed by atoms with Crippen molar-refractivity contribution in [2.45, 2.75) is 47.0 Å². The minimum absolute atomic E-state index is 0.136. The molecular formula is C17H25NO. The van der Waals surface area contributed by atoms with E-state index in [-0.39, 0.29) is 16.7 Å². The zero-order chi connectivity index (χ0) is 14.6. The highest BCUT2D eigenvalue weighted by molar-refractivity contribution is 6.09. The van der Waals surface area contributed by atoms with Gasteiger partial charge in [0.15, 0.2) is 0 Å². The number of carbonyl (C=O) groups excluding carboxylic acids is 1. The molecule has 0 unspecified atom stereocenters. The van der Waals surface area contributed by atoms with Crippen LogP contribution in [-0.2, 0) is 10.2 Å². The number of para-hydroxylation sites is 1. The normalized spacial score (nSPS) is 18.7. The van der Waals surface area contributed by atoms with Gasteiger partial charge in [0, 0.05) is 12.7 Å². The monoisotopic (exact) mass is 259 g/mol. The average molecular weight is 259 g/mol. The second-order valence-electron chi connectivity index (χ2n) is 7.63. The zero-order valence-electron chi connectivity index (χ0n) is 13.2. The molecule has 0 saturated heterocycles. The number of anilines is 1. The summed E-state index contributed by atoms with van der Waals surface area (Å²) >= 11 is 0. The fourth-order valence-electron chi connectivity index (χ4n) is 4.13. The first-order chi connectivity index (χ1) is 8.55. The summed E-state index contributed by atoms with van der Waals surface area (Å²) in [7, 11) is 1.89. The number of nitrogens with zero attached hydrogens (tertiary/aromatic N) is 1. The highest BCUT2D eigenvalue weighted by atomic mass is 16.2. The molecule has 0 aliphatic carbocycles. The molecule has 2 nitrogen and oxygen atoms in total. The van der Waals surface area contributed by atoms with E-state index in [1.807, 2.05) is 30.1 Å². The largest absolute Gasteiger partial charge is 0.314 e. The molecule has 1 amide bonds. The van der Waals surface area contributed by atoms with E-state index in [4.69, 9.17) is 0 Å². The molecule has 1 aliphatic rings. The molecule has 0 N–H and O–H groups in total. The molecule has 0 atom stereocenters. The average Bonchev–Trinajstić information content (AvgIpc) is 2.48. The zero-order valence-corrected chi connectivity index (χ0v) is 13.2. The Bertz CT molecular complexity index is 503. The van der Waals surface area contributed by atoms with E-state index in [1.54, 1.807) is 0 Å². The highest BCUT2D eigenvalue weighted by Gasteiger charge is 2.62. The Morgan fingerprint density at radius 1 is 0.947 bits per heavy atom. The SMILES string of the molecule is CN1C(=O)C(C(C)(C)C)(C(C)(C)C)c2ccccc21. The number of hydrogen-bond donors (Lipinski definition) is 0. The van der Waals surface area contributed by atoms with Crippen LogP contribution in [0.25, 0.3) is 0 Å². The summed E-state index contributed by atoms with van der Waals surface area (Å²) in [6, 6.07) is 8.21. The lowest BCUT2D eigenvalue weighted by atomic mass is 9.51. The number of rotatable bonds is 0. The van der Waals surface area contributed by atoms with Crippen LogP contribution in [0.1, 0.15) is 47.1 Å². The molecule has 1 heterocycles. The van der Waals surface area contributed by atoms with Gasteiger partial charge in [-0.05, 0) is 22.5 Å². The molecule has 1 aromatic carbocycles. The Morgan fingerprint density at radius 3 is 1.89 bits per heavy atom. The molecule has 19 heavy (non-hydrogen) atoms. The first kappa shape index (κ1) is 14.1. The van der Waals surface area contributed by atoms with E-state index >= 15 is 0 Å². The molecule has 0 saturated carbocycles. The molecule has 1 aromatic rings. The van der Waals surface area contributed by atoms with Gasteiger partial charge in [0.1, 0.15) is 0 Å². The van der Waals surface area contributed by atoms with Gasteiger partial charge in [-0.3, -0.25) is 4.79 Å². The van der Waals surface area contributed by atoms with Gasteiger partial charge in [-0.25, -0.2) is 0 Å². The van der Waals surface area contributed by atoms with E-state index < -0.39 is 5.41 Å². The van der Waals surface area contributed by atoms with Crippen LogP contribution in [-0.4, -0.2) is 13.0 Å². The van der Waals surface area contributed by atoms with E-state index in [1.165, 1.54) is 5.56 Å². The highest BCUT2D eigenvalue weighted by Crippen LogP contribution is 2.59. The lowest BCUT2D eigenvalue weighted by molar-refractivity contribution is -0.132. The molecule has 0 aromatic heterocycles. The third kappa shape index (κ3) is 1.58. The maximum atomic E-state index is 13.1. The van der Waals surface area contributed by atoms with Crippen molar-refractivity contribution < 1.29 is 4.79 Å². The third-order valence-electron chi connectivity index (χ3n) is 4.54. The van der Waals surface area contributed by atoms with Crippen molar-refractivity contribution >= 4 is 11.6 Å². The van der Waals surface area contributed by atoms with Crippen LogP contribution in [0.3, 0.4) is 0 Å². The number of amides is 1. The molecule has 2 rings (SSSR count). The fraction of sp³-hybridized carbons (Fsp3) is 0.588. The number of benzene rings is 1. The Hall–Kier alpha value is -1.31. The van der Waals surface area contributed by atoms with Crippen LogP contribution >= 0.6 is 0 Å². The Labute approximate surface area is 116 Å². The van der Waals surface area contributed by atoms with E-state index in [0.29, 0.717) is 0 Å². The smallest absolute Gasteiger partial charge is 0.238 e. The van der Waals surface area contributed by atoms with Crippen LogP contribution in [0.2, 0.25) is 0 Å². The maximum Gasteiger partial charge on any atom is 0.238 e. The van der Waals surface area contributed by atoms with Gasteiger partial charge in [-0.15, -0.1) is 0 Å². The Balaban J connectivity index is 2.87. The van der Waals surface area contributed by atoms with Crippen molar-refractivity contribution in [3.8, 4) is 0 Å². The van der Waals surface area contributed by atoms with Crippen molar-refractivity contribution in [3.63, 3.8) is 0 Å². The van der Waals surface area contributed by atoms with Gasteiger partial charge >= 0.3 is 0 Å². The second-order valence-corrected chi connectivity index (χ2v) is 7.63. The summed E-state index contributed by atoms with van der Waals surface area (Å²) < 4.78 is 0. The summed E-state index contributed by atoms with van der Waals surface area (Å²) in [5.41, 5.74) is 1.47. The predicted molar refractivity (Wildman–Crippen MR) is 80.4 cm³/mol. The summed E-state index contributed by atoms with van der Waals surface area (Å²) in [5, 5.41) is 0. The lowest BCUT2D eigenvalue weighted by Crippen LogP contribution is -2.56. The number of fused-ring (bicyclic) bond motifs is 1. The lowest BCUT2D eigenvalue weighted by Gasteiger charge is -2.50. The first-order valence-corrected chi connectivity index (χ1v) is 6.93. The molecule has 0 radical (unpaired) electrons. The molecule has 0 bridgehead atoms. The summed E-state index contributed by atoms with van der Waals surface area (Å²) in [4.78, 5) is 14.9. The maximum absolute atomic E-state index is 13.1. The van der Waals surface area contributed by atoms with Crippen molar-refractivity contribution in [1.29, 1.82) is 0 Å². The van der Waals surface area contributed by atoms with Gasteiger partial charge in [-0.2, -0.15) is 0 Å². The second kappa shape index (κ2) is 3.84. The van der Waals surface area contributed by atoms with E-state index in [0.717, 1.165) is 5.69 Å². The number of likely N-dealkylation sites (N-methyl/N-ethyl adjacent to an activating group) is 1. The summed E-state index contributed by atoms with van der Waals surface area (Å²) in [6.45, 7) is 13.0. The van der Waals surface area contributed by atoms with Gasteiger partial charge in [0.05, 0.1) is 5.41 Å². The minimum atomic E-state index is -0.481. The standard InChI is InChI=1S/C17H25NO/c1-15(2,3)17(16(4,5)6)12-10-8-9-11-13(12)18(7)14(17)19/h8-11H,1-7H3. The van der Waals surface area contributed by atoms with Crippen molar-refractivity contribution in [3.05, 3.63) is 29.8 Å². The van der Waals surface area contributed by atoms with E-state index in [2.05, 4.69) is 47.6 Å². The van der Waals surface area contributed by atoms with Crippen LogP contribution in [0.15, 0.2) is 24.3 Å². The summed E-state index contributed by atoms with van der Waals surface area (Å²) in [5.74, 6) is 0.216. The number of carbonyl (C=O) groups is 1. The topological polar surface area (TPSA) is 20.3 Å². The van der Waals surface area contributed by atoms with Crippen LogP contribution in [0.5, 0.6) is 0 Å². The van der Waals surface area contributed by atoms with E-state index in [9.17, 15) is 4.79 Å². The van der Waals surface area contributed by atoms with Crippen molar-refractivity contribution in [2.24, 2.45) is 10.8 Å². The van der Waals surface area contributed by atoms with Crippen molar-refractivity contribution in [2.75, 3.05) is 11.9 Å². The van der Waals surface area contributed by atoms with Gasteiger partial charge in [0.25, 0.3) is 0 Å². The third-order valence-corrected chi connectivity index (χ3v) is 4.54. The molecule has 0 fully saturated rings. The molecule has 0 spiro atoms. The van der Waals surface area contributed by atoms with Crippen molar-refractivity contribution in [1.82, 2.24) is 0 Å². The van der Waals surface area contributed by atoms with Crippen LogP contribution in [0, 0.1) is 10.8 Å². The molecule has 1 aliphatic heterocycles. The number of hydrogen-bond acceptors (Lipinski definition) is 1. The first-order valence-electron chi connectivity index (χ1n) is 6.93. The molecule has 104 valence electrons. The van der Waals surface area contributed by atoms with Gasteiger partial charge in [0.2, 0.25) is 5.91 Å². The quantitative estimate of drug-likeness (QED) is 0.690. The van der Waals surface area contributed by atoms with Crippen LogP contribution < -0.4 is 4.90 Å². The molecular weight excluding hydrogens is 234 g/mol. The van der Waals surface area contributed by atoms with Gasteiger partial charge in [-0.1, -0.05) is 59.7 Å². The minimum Gasteiger partial charge on any atom is -0.314 e. The fourth-order valence-corrected chi connectivity index (χ4v) is 4.13. The molecule has 2 heteroatoms. The predicted octanol–water partition coefficient (Wildman–Crippen LogP) is 3.99. The van der Waals surface area contributed by atoms with Gasteiger partial charge < -0.3 is 4.90 Å². The Kier molecular flexibility index (Phi) is 2.85. The summed E-state index contributed by atoms with van der Waals surface area (Å²) in [6.07, 6.45) is 0. The van der Waals surface area contributed by atoms with Crippen LogP contribution in [0.4, 0.5) is 5.69 Å². The Morgan fingerprint density at radius 2 is 1.42 bits per heavy atom.